The van der Waals surface area contributed by atoms with Crippen molar-refractivity contribution < 1.29 is 4.79 Å². The molecule has 17 heavy (non-hydrogen) atoms. The second-order valence-electron chi connectivity index (χ2n) is 4.10. The van der Waals surface area contributed by atoms with Crippen molar-refractivity contribution in [1.82, 2.24) is 10.3 Å². The van der Waals surface area contributed by atoms with Gasteiger partial charge < -0.3 is 11.1 Å². The number of carbonyl (C=O) groups is 1. The topological polar surface area (TPSA) is 68.0 Å². The van der Waals surface area contributed by atoms with E-state index in [-0.39, 0.29) is 5.91 Å². The molecule has 1 fully saturated rings. The normalized spacial score (nSPS) is 16.8. The Hall–Kier alpha value is -1.07. The van der Waals surface area contributed by atoms with E-state index < -0.39 is 0 Å². The van der Waals surface area contributed by atoms with Crippen LogP contribution in [0.5, 0.6) is 0 Å². The van der Waals surface area contributed by atoms with E-state index in [0.717, 1.165) is 30.0 Å². The van der Waals surface area contributed by atoms with Crippen molar-refractivity contribution in [3.63, 3.8) is 0 Å². The van der Waals surface area contributed by atoms with Gasteiger partial charge in [-0.2, -0.15) is 11.8 Å². The summed E-state index contributed by atoms with van der Waals surface area (Å²) in [7, 11) is 0. The highest BCUT2D eigenvalue weighted by atomic mass is 32.2. The van der Waals surface area contributed by atoms with E-state index in [4.69, 9.17) is 5.73 Å². The molecule has 1 amide bonds. The van der Waals surface area contributed by atoms with Gasteiger partial charge in [0.2, 0.25) is 0 Å². The maximum absolute atomic E-state index is 12.0. The van der Waals surface area contributed by atoms with Crippen LogP contribution in [-0.2, 0) is 6.54 Å². The molecule has 0 unspecified atom stereocenters. The lowest BCUT2D eigenvalue weighted by Gasteiger charge is -2.22. The number of rotatable bonds is 3. The van der Waals surface area contributed by atoms with Crippen LogP contribution in [-0.4, -0.2) is 28.4 Å². The van der Waals surface area contributed by atoms with E-state index >= 15 is 0 Å². The number of amides is 1. The third-order valence-corrected chi connectivity index (χ3v) is 3.89. The minimum Gasteiger partial charge on any atom is -0.349 e. The van der Waals surface area contributed by atoms with Crippen LogP contribution in [0.2, 0.25) is 0 Å². The van der Waals surface area contributed by atoms with Crippen molar-refractivity contribution in [3.8, 4) is 0 Å². The van der Waals surface area contributed by atoms with Gasteiger partial charge >= 0.3 is 0 Å². The third kappa shape index (κ3) is 3.44. The van der Waals surface area contributed by atoms with Crippen molar-refractivity contribution >= 4 is 17.7 Å². The van der Waals surface area contributed by atoms with Crippen molar-refractivity contribution in [3.05, 3.63) is 29.6 Å². The fourth-order valence-corrected chi connectivity index (χ4v) is 2.95. The predicted octanol–water partition coefficient (Wildman–Crippen LogP) is 1.17. The molecule has 1 aliphatic heterocycles. The summed E-state index contributed by atoms with van der Waals surface area (Å²) in [5.41, 5.74) is 6.90. The highest BCUT2D eigenvalue weighted by Crippen LogP contribution is 2.17. The van der Waals surface area contributed by atoms with Crippen LogP contribution in [0, 0.1) is 0 Å². The molecular formula is C12H17N3OS. The van der Waals surface area contributed by atoms with Gasteiger partial charge in [-0.3, -0.25) is 9.78 Å². The molecule has 2 heterocycles. The summed E-state index contributed by atoms with van der Waals surface area (Å²) in [6, 6.07) is 3.80. The number of hydrogen-bond acceptors (Lipinski definition) is 4. The summed E-state index contributed by atoms with van der Waals surface area (Å²) in [6.07, 6.45) is 3.75. The van der Waals surface area contributed by atoms with Gasteiger partial charge in [0.25, 0.3) is 5.91 Å². The van der Waals surface area contributed by atoms with Gasteiger partial charge in [-0.1, -0.05) is 0 Å². The number of pyridine rings is 1. The molecule has 1 aromatic heterocycles. The number of hydrogen-bond donors (Lipinski definition) is 2. The molecule has 0 aliphatic carbocycles. The molecule has 0 saturated carbocycles. The molecule has 3 N–H and O–H groups in total. The molecule has 0 radical (unpaired) electrons. The Morgan fingerprint density at radius 2 is 2.29 bits per heavy atom. The van der Waals surface area contributed by atoms with E-state index in [1.165, 1.54) is 0 Å². The first-order valence-electron chi connectivity index (χ1n) is 5.83. The van der Waals surface area contributed by atoms with Crippen molar-refractivity contribution in [2.75, 3.05) is 11.5 Å². The Bertz CT molecular complexity index is 391. The predicted molar refractivity (Wildman–Crippen MR) is 69.9 cm³/mol. The van der Waals surface area contributed by atoms with Crippen LogP contribution in [0.15, 0.2) is 18.3 Å². The molecule has 1 aliphatic rings. The lowest BCUT2D eigenvalue weighted by Crippen LogP contribution is -2.37. The fraction of sp³-hybridized carbons (Fsp3) is 0.500. The van der Waals surface area contributed by atoms with Crippen molar-refractivity contribution in [2.45, 2.75) is 25.4 Å². The number of nitrogens with one attached hydrogen (secondary N) is 1. The Labute approximate surface area is 105 Å². The molecule has 0 atom stereocenters. The maximum atomic E-state index is 12.0. The summed E-state index contributed by atoms with van der Waals surface area (Å²) in [4.78, 5) is 16.1. The lowest BCUT2D eigenvalue weighted by atomic mass is 10.1. The van der Waals surface area contributed by atoms with Crippen LogP contribution in [0.1, 0.15) is 28.9 Å². The molecular weight excluding hydrogens is 234 g/mol. The third-order valence-electron chi connectivity index (χ3n) is 2.84. The van der Waals surface area contributed by atoms with E-state index in [1.807, 2.05) is 11.8 Å². The standard InChI is InChI=1S/C12H17N3OS/c13-8-11-7-9(1-4-14-11)12(16)15-10-2-5-17-6-3-10/h1,4,7,10H,2-3,5-6,8,13H2,(H,15,16). The molecule has 1 saturated heterocycles. The molecule has 4 nitrogen and oxygen atoms in total. The summed E-state index contributed by atoms with van der Waals surface area (Å²) in [5.74, 6) is 2.25. The Kier molecular flexibility index (Phi) is 4.39. The van der Waals surface area contributed by atoms with Crippen LogP contribution >= 0.6 is 11.8 Å². The highest BCUT2D eigenvalue weighted by molar-refractivity contribution is 7.99. The summed E-state index contributed by atoms with van der Waals surface area (Å²) in [5, 5.41) is 3.07. The number of thioether (sulfide) groups is 1. The number of carbonyl (C=O) groups excluding carboxylic acids is 1. The van der Waals surface area contributed by atoms with Crippen LogP contribution < -0.4 is 11.1 Å². The SMILES string of the molecule is NCc1cc(C(=O)NC2CCSCC2)ccn1. The molecule has 92 valence electrons. The van der Waals surface area contributed by atoms with E-state index in [9.17, 15) is 4.79 Å². The first-order chi connectivity index (χ1) is 8.29. The average molecular weight is 251 g/mol. The monoisotopic (exact) mass is 251 g/mol. The zero-order valence-corrected chi connectivity index (χ0v) is 10.5. The molecule has 5 heteroatoms. The van der Waals surface area contributed by atoms with Crippen LogP contribution in [0.25, 0.3) is 0 Å². The molecule has 0 bridgehead atoms. The summed E-state index contributed by atoms with van der Waals surface area (Å²) < 4.78 is 0. The zero-order chi connectivity index (χ0) is 12.1. The van der Waals surface area contributed by atoms with E-state index in [1.54, 1.807) is 18.3 Å². The largest absolute Gasteiger partial charge is 0.349 e. The molecule has 0 spiro atoms. The average Bonchev–Trinajstić information content (AvgIpc) is 2.40. The Morgan fingerprint density at radius 1 is 1.53 bits per heavy atom. The fourth-order valence-electron chi connectivity index (χ4n) is 1.84. The minimum atomic E-state index is -0.0148. The number of nitrogens with two attached hydrogens (primary N) is 1. The van der Waals surface area contributed by atoms with Gasteiger partial charge in [0.05, 0.1) is 5.69 Å². The summed E-state index contributed by atoms with van der Waals surface area (Å²) >= 11 is 1.95. The first-order valence-corrected chi connectivity index (χ1v) is 6.98. The van der Waals surface area contributed by atoms with Gasteiger partial charge in [0, 0.05) is 24.3 Å². The minimum absolute atomic E-state index is 0.0148. The lowest BCUT2D eigenvalue weighted by molar-refractivity contribution is 0.0934. The molecule has 0 aromatic carbocycles. The Balaban J connectivity index is 1.98. The van der Waals surface area contributed by atoms with Crippen LogP contribution in [0.3, 0.4) is 0 Å². The van der Waals surface area contributed by atoms with E-state index in [2.05, 4.69) is 10.3 Å². The molecule has 2 rings (SSSR count). The Morgan fingerprint density at radius 3 is 3.00 bits per heavy atom. The molecule has 1 aromatic rings. The number of nitrogens with zero attached hydrogens (tertiary/aromatic N) is 1. The van der Waals surface area contributed by atoms with Gasteiger partial charge in [-0.25, -0.2) is 0 Å². The quantitative estimate of drug-likeness (QED) is 0.846. The smallest absolute Gasteiger partial charge is 0.251 e. The summed E-state index contributed by atoms with van der Waals surface area (Å²) in [6.45, 7) is 0.362. The van der Waals surface area contributed by atoms with Crippen molar-refractivity contribution in [1.29, 1.82) is 0 Å². The maximum Gasteiger partial charge on any atom is 0.251 e. The second kappa shape index (κ2) is 6.02. The second-order valence-corrected chi connectivity index (χ2v) is 5.32. The highest BCUT2D eigenvalue weighted by Gasteiger charge is 2.16. The van der Waals surface area contributed by atoms with Gasteiger partial charge in [0.15, 0.2) is 0 Å². The first kappa shape index (κ1) is 12.4. The van der Waals surface area contributed by atoms with Gasteiger partial charge in [-0.05, 0) is 36.5 Å². The van der Waals surface area contributed by atoms with Gasteiger partial charge in [-0.15, -0.1) is 0 Å². The van der Waals surface area contributed by atoms with Gasteiger partial charge in [0.1, 0.15) is 0 Å². The van der Waals surface area contributed by atoms with Crippen molar-refractivity contribution in [2.24, 2.45) is 5.73 Å². The van der Waals surface area contributed by atoms with Crippen LogP contribution in [0.4, 0.5) is 0 Å². The number of aromatic nitrogens is 1. The zero-order valence-electron chi connectivity index (χ0n) is 9.69. The van der Waals surface area contributed by atoms with E-state index in [0.29, 0.717) is 18.2 Å².